The molecule has 0 aliphatic heterocycles. The summed E-state index contributed by atoms with van der Waals surface area (Å²) in [5, 5.41) is 12.2. The van der Waals surface area contributed by atoms with Crippen LogP contribution in [-0.2, 0) is 0 Å². The minimum Gasteiger partial charge on any atom is -0.461 e. The smallest absolute Gasteiger partial charge is 0.226 e. The van der Waals surface area contributed by atoms with E-state index >= 15 is 0 Å². The summed E-state index contributed by atoms with van der Waals surface area (Å²) in [7, 11) is 0. The molecule has 3 nitrogen and oxygen atoms in total. The molecule has 0 radical (unpaired) electrons. The van der Waals surface area contributed by atoms with Crippen molar-refractivity contribution in [1.29, 1.82) is 0 Å². The van der Waals surface area contributed by atoms with Crippen LogP contribution in [0.4, 0.5) is 0 Å². The van der Waals surface area contributed by atoms with E-state index in [1.807, 2.05) is 37.3 Å². The van der Waals surface area contributed by atoms with Crippen molar-refractivity contribution in [1.82, 2.24) is 0 Å². The lowest BCUT2D eigenvalue weighted by molar-refractivity contribution is 0.0175. The third-order valence-electron chi connectivity index (χ3n) is 5.66. The van der Waals surface area contributed by atoms with E-state index in [1.165, 1.54) is 12.8 Å². The van der Waals surface area contributed by atoms with Crippen LogP contribution in [0.2, 0.25) is 10.0 Å². The molecule has 0 heterocycles. The molecule has 1 unspecified atom stereocenters. The number of aryl methyl sites for hydroxylation is 1. The molecule has 2 aliphatic rings. The number of allylic oxidation sites excluding steroid dienone is 1. The fourth-order valence-electron chi connectivity index (χ4n) is 3.72. The summed E-state index contributed by atoms with van der Waals surface area (Å²) >= 11 is 12.9. The number of ether oxygens (including phenoxy) is 1. The molecule has 4 rings (SSSR count). The summed E-state index contributed by atoms with van der Waals surface area (Å²) in [6.45, 7) is 6.17. The molecular formula is C24H25Cl2NO2. The van der Waals surface area contributed by atoms with Gasteiger partial charge in [-0.2, -0.15) is 0 Å². The Morgan fingerprint density at radius 2 is 1.86 bits per heavy atom. The molecule has 2 aromatic carbocycles. The monoisotopic (exact) mass is 429 g/mol. The van der Waals surface area contributed by atoms with E-state index in [0.717, 1.165) is 29.5 Å². The molecular weight excluding hydrogens is 405 g/mol. The van der Waals surface area contributed by atoms with Gasteiger partial charge in [-0.15, -0.1) is 0 Å². The summed E-state index contributed by atoms with van der Waals surface area (Å²) in [6, 6.07) is 11.2. The van der Waals surface area contributed by atoms with Crippen molar-refractivity contribution in [2.75, 3.05) is 0 Å². The minimum absolute atomic E-state index is 0.239. The molecule has 2 aliphatic carbocycles. The van der Waals surface area contributed by atoms with Crippen LogP contribution in [0, 0.1) is 12.8 Å². The summed E-state index contributed by atoms with van der Waals surface area (Å²) in [6.07, 6.45) is 3.08. The average Bonchev–Trinajstić information content (AvgIpc) is 3.55. The fraction of sp³-hybridized carbons (Fsp3) is 0.333. The highest BCUT2D eigenvalue weighted by Gasteiger charge is 2.32. The zero-order valence-corrected chi connectivity index (χ0v) is 17.9. The second kappa shape index (κ2) is 8.06. The van der Waals surface area contributed by atoms with E-state index in [1.54, 1.807) is 6.07 Å². The van der Waals surface area contributed by atoms with Crippen LogP contribution in [0.15, 0.2) is 54.2 Å². The first-order valence-electron chi connectivity index (χ1n) is 9.95. The Balaban J connectivity index is 1.64. The molecule has 0 amide bonds. The molecule has 2 saturated carbocycles. The molecule has 0 bridgehead atoms. The van der Waals surface area contributed by atoms with Gasteiger partial charge in [-0.05, 0) is 79.3 Å². The highest BCUT2D eigenvalue weighted by Crippen LogP contribution is 2.45. The molecule has 0 saturated heterocycles. The predicted molar refractivity (Wildman–Crippen MR) is 119 cm³/mol. The Bertz CT molecular complexity index is 970. The molecule has 1 atom stereocenters. The minimum atomic E-state index is -1.26. The van der Waals surface area contributed by atoms with Gasteiger partial charge in [-0.25, -0.2) is 0 Å². The van der Waals surface area contributed by atoms with Gasteiger partial charge in [0.05, 0.1) is 0 Å². The van der Waals surface area contributed by atoms with E-state index in [4.69, 9.17) is 33.7 Å². The van der Waals surface area contributed by atoms with Crippen molar-refractivity contribution in [2.45, 2.75) is 44.8 Å². The van der Waals surface area contributed by atoms with Crippen LogP contribution < -0.4 is 10.5 Å². The van der Waals surface area contributed by atoms with Gasteiger partial charge in [0.25, 0.3) is 0 Å². The first-order chi connectivity index (χ1) is 13.9. The summed E-state index contributed by atoms with van der Waals surface area (Å²) in [5.41, 5.74) is 11.0. The van der Waals surface area contributed by atoms with Gasteiger partial charge in [0.2, 0.25) is 6.29 Å². The molecule has 29 heavy (non-hydrogen) atoms. The van der Waals surface area contributed by atoms with Gasteiger partial charge >= 0.3 is 0 Å². The first-order valence-corrected chi connectivity index (χ1v) is 10.7. The molecule has 2 fully saturated rings. The third-order valence-corrected chi connectivity index (χ3v) is 6.30. The van der Waals surface area contributed by atoms with E-state index in [2.05, 4.69) is 6.58 Å². The SMILES string of the molecule is C=C(/C(=C(\N)C1CC1)C(O)Oc1ccc(C2CC2)c(Cl)c1)c1c(C)cccc1Cl. The second-order valence-corrected chi connectivity index (χ2v) is 8.80. The molecule has 152 valence electrons. The van der Waals surface area contributed by atoms with Crippen LogP contribution in [-0.4, -0.2) is 11.4 Å². The van der Waals surface area contributed by atoms with Crippen molar-refractivity contribution in [2.24, 2.45) is 11.7 Å². The van der Waals surface area contributed by atoms with Gasteiger partial charge in [-0.1, -0.05) is 48.0 Å². The normalized spacial score (nSPS) is 18.2. The van der Waals surface area contributed by atoms with Gasteiger partial charge in [-0.3, -0.25) is 0 Å². The fourth-order valence-corrected chi connectivity index (χ4v) is 4.38. The number of rotatable bonds is 7. The quantitative estimate of drug-likeness (QED) is 0.406. The maximum Gasteiger partial charge on any atom is 0.226 e. The topological polar surface area (TPSA) is 55.5 Å². The van der Waals surface area contributed by atoms with E-state index in [-0.39, 0.29) is 5.92 Å². The van der Waals surface area contributed by atoms with Crippen molar-refractivity contribution < 1.29 is 9.84 Å². The average molecular weight is 430 g/mol. The Morgan fingerprint density at radius 1 is 1.14 bits per heavy atom. The number of hydrogen-bond acceptors (Lipinski definition) is 3. The van der Waals surface area contributed by atoms with E-state index in [9.17, 15) is 5.11 Å². The number of aliphatic hydroxyl groups is 1. The number of benzene rings is 2. The number of aliphatic hydroxyl groups excluding tert-OH is 1. The van der Waals surface area contributed by atoms with Crippen molar-refractivity contribution in [3.05, 3.63) is 81.0 Å². The lowest BCUT2D eigenvalue weighted by atomic mass is 9.92. The van der Waals surface area contributed by atoms with Crippen LogP contribution >= 0.6 is 23.2 Å². The Kier molecular flexibility index (Phi) is 5.65. The Morgan fingerprint density at radius 3 is 2.45 bits per heavy atom. The van der Waals surface area contributed by atoms with Crippen molar-refractivity contribution >= 4 is 28.8 Å². The number of nitrogens with two attached hydrogens (primary N) is 1. The summed E-state index contributed by atoms with van der Waals surface area (Å²) in [5.74, 6) is 1.28. The maximum absolute atomic E-state index is 11.0. The predicted octanol–water partition coefficient (Wildman–Crippen LogP) is 6.21. The Labute approximate surface area is 181 Å². The summed E-state index contributed by atoms with van der Waals surface area (Å²) in [4.78, 5) is 0. The van der Waals surface area contributed by atoms with Crippen LogP contribution in [0.25, 0.3) is 5.57 Å². The van der Waals surface area contributed by atoms with Gasteiger partial charge in [0.15, 0.2) is 0 Å². The van der Waals surface area contributed by atoms with Gasteiger partial charge < -0.3 is 15.6 Å². The van der Waals surface area contributed by atoms with E-state index < -0.39 is 6.29 Å². The standard InChI is InChI=1S/C24H25Cl2NO2/c1-13-4-3-5-19(25)21(13)14(2)22(23(27)16-8-9-16)24(28)29-17-10-11-18(15-6-7-15)20(26)12-17/h3-5,10-12,15-16,24,28H,2,6-9,27H2,1H3/b23-22+. The molecule has 3 N–H and O–H groups in total. The molecule has 0 spiro atoms. The zero-order valence-electron chi connectivity index (χ0n) is 16.4. The number of hydrogen-bond donors (Lipinski definition) is 2. The van der Waals surface area contributed by atoms with E-state index in [0.29, 0.717) is 38.6 Å². The lowest BCUT2D eigenvalue weighted by Gasteiger charge is -2.23. The van der Waals surface area contributed by atoms with Crippen LogP contribution in [0.3, 0.4) is 0 Å². The second-order valence-electron chi connectivity index (χ2n) is 7.98. The van der Waals surface area contributed by atoms with Crippen molar-refractivity contribution in [3.63, 3.8) is 0 Å². The van der Waals surface area contributed by atoms with Crippen LogP contribution in [0.1, 0.15) is 48.3 Å². The zero-order chi connectivity index (χ0) is 20.7. The largest absolute Gasteiger partial charge is 0.461 e. The highest BCUT2D eigenvalue weighted by atomic mass is 35.5. The summed E-state index contributed by atoms with van der Waals surface area (Å²) < 4.78 is 5.86. The third kappa shape index (κ3) is 4.32. The highest BCUT2D eigenvalue weighted by molar-refractivity contribution is 6.32. The molecule has 5 heteroatoms. The van der Waals surface area contributed by atoms with Gasteiger partial charge in [0.1, 0.15) is 5.75 Å². The maximum atomic E-state index is 11.0. The van der Waals surface area contributed by atoms with Crippen LogP contribution in [0.5, 0.6) is 5.75 Å². The molecule has 0 aromatic heterocycles. The molecule has 2 aromatic rings. The Hall–Kier alpha value is -1.94. The first kappa shape index (κ1) is 20.3. The van der Waals surface area contributed by atoms with Crippen molar-refractivity contribution in [3.8, 4) is 5.75 Å². The van der Waals surface area contributed by atoms with Gasteiger partial charge in [0, 0.05) is 26.9 Å². The lowest BCUT2D eigenvalue weighted by Crippen LogP contribution is -2.24. The number of halogens is 2.